The maximum absolute atomic E-state index is 5.89. The van der Waals surface area contributed by atoms with Crippen LogP contribution in [0, 0.1) is 6.92 Å². The summed E-state index contributed by atoms with van der Waals surface area (Å²) >= 11 is 5.89. The van der Waals surface area contributed by atoms with E-state index in [0.29, 0.717) is 11.4 Å². The van der Waals surface area contributed by atoms with Crippen LogP contribution in [0.3, 0.4) is 0 Å². The van der Waals surface area contributed by atoms with Crippen LogP contribution < -0.4 is 4.74 Å². The normalized spacial score (nSPS) is 10.9. The minimum Gasteiger partial charge on any atom is -0.493 e. The van der Waals surface area contributed by atoms with Crippen molar-refractivity contribution in [3.63, 3.8) is 0 Å². The molecule has 19 heavy (non-hydrogen) atoms. The van der Waals surface area contributed by atoms with Gasteiger partial charge in [0.2, 0.25) is 5.28 Å². The lowest BCUT2D eigenvalue weighted by Crippen LogP contribution is -1.93. The molecule has 0 unspecified atom stereocenters. The van der Waals surface area contributed by atoms with Crippen molar-refractivity contribution < 1.29 is 4.74 Å². The molecule has 2 heterocycles. The summed E-state index contributed by atoms with van der Waals surface area (Å²) in [4.78, 5) is 11.5. The summed E-state index contributed by atoms with van der Waals surface area (Å²) in [6.45, 7) is 2.06. The molecule has 4 nitrogen and oxygen atoms in total. The quantitative estimate of drug-likeness (QED) is 0.726. The van der Waals surface area contributed by atoms with Crippen LogP contribution in [-0.2, 0) is 0 Å². The highest BCUT2D eigenvalue weighted by atomic mass is 35.5. The number of halogens is 1. The summed E-state index contributed by atoms with van der Waals surface area (Å²) in [6, 6.07) is 6.13. The fraction of sp³-hybridized carbons (Fsp3) is 0.143. The van der Waals surface area contributed by atoms with Crippen LogP contribution in [0.25, 0.3) is 22.2 Å². The average molecular weight is 274 g/mol. The largest absolute Gasteiger partial charge is 0.493 e. The first-order valence-electron chi connectivity index (χ1n) is 5.84. The van der Waals surface area contributed by atoms with Gasteiger partial charge in [0, 0.05) is 22.7 Å². The topological polar surface area (TPSA) is 50.8 Å². The predicted molar refractivity (Wildman–Crippen MR) is 75.6 cm³/mol. The van der Waals surface area contributed by atoms with Crippen molar-refractivity contribution in [2.24, 2.45) is 0 Å². The molecule has 0 bridgehead atoms. The van der Waals surface area contributed by atoms with E-state index in [0.717, 1.165) is 16.5 Å². The summed E-state index contributed by atoms with van der Waals surface area (Å²) in [5.74, 6) is 0.604. The minimum absolute atomic E-state index is 0.206. The van der Waals surface area contributed by atoms with Crippen molar-refractivity contribution >= 4 is 22.5 Å². The van der Waals surface area contributed by atoms with Crippen LogP contribution in [0.1, 0.15) is 5.56 Å². The number of benzene rings is 1. The molecule has 1 aromatic carbocycles. The van der Waals surface area contributed by atoms with Gasteiger partial charge in [-0.1, -0.05) is 18.2 Å². The second kappa shape index (κ2) is 4.55. The van der Waals surface area contributed by atoms with E-state index < -0.39 is 0 Å². The zero-order chi connectivity index (χ0) is 13.4. The molecule has 3 rings (SSSR count). The molecule has 0 radical (unpaired) electrons. The van der Waals surface area contributed by atoms with E-state index in [4.69, 9.17) is 16.3 Å². The Balaban J connectivity index is 2.30. The molecule has 0 aliphatic heterocycles. The minimum atomic E-state index is 0.206. The summed E-state index contributed by atoms with van der Waals surface area (Å²) in [5, 5.41) is 1.30. The van der Waals surface area contributed by atoms with E-state index >= 15 is 0 Å². The molecule has 5 heteroatoms. The highest BCUT2D eigenvalue weighted by molar-refractivity contribution is 6.28. The molecule has 0 fully saturated rings. The Morgan fingerprint density at radius 1 is 1.32 bits per heavy atom. The molecule has 0 saturated carbocycles. The lowest BCUT2D eigenvalue weighted by Gasteiger charge is -2.06. The number of ether oxygens (including phenoxy) is 1. The van der Waals surface area contributed by atoms with E-state index in [1.54, 1.807) is 13.3 Å². The number of aromatic amines is 1. The van der Waals surface area contributed by atoms with E-state index in [2.05, 4.69) is 27.9 Å². The van der Waals surface area contributed by atoms with E-state index in [9.17, 15) is 0 Å². The Morgan fingerprint density at radius 3 is 2.95 bits per heavy atom. The number of H-pyrrole nitrogens is 1. The number of hydrogen-bond acceptors (Lipinski definition) is 3. The van der Waals surface area contributed by atoms with E-state index in [-0.39, 0.29) is 5.28 Å². The summed E-state index contributed by atoms with van der Waals surface area (Å²) in [6.07, 6.45) is 3.50. The molecule has 1 N–H and O–H groups in total. The Morgan fingerprint density at radius 2 is 2.16 bits per heavy atom. The van der Waals surface area contributed by atoms with Crippen molar-refractivity contribution in [2.75, 3.05) is 7.11 Å². The molecular formula is C14H12ClN3O. The molecule has 0 aliphatic carbocycles. The van der Waals surface area contributed by atoms with Gasteiger partial charge in [-0.05, 0) is 24.1 Å². The van der Waals surface area contributed by atoms with E-state index in [1.165, 1.54) is 5.56 Å². The Hall–Kier alpha value is -2.07. The number of nitrogens with one attached hydrogen (secondary N) is 1. The molecule has 2 aromatic heterocycles. The van der Waals surface area contributed by atoms with Crippen molar-refractivity contribution in [2.45, 2.75) is 6.92 Å². The van der Waals surface area contributed by atoms with Gasteiger partial charge in [0.25, 0.3) is 0 Å². The van der Waals surface area contributed by atoms with Gasteiger partial charge in [0.15, 0.2) is 5.75 Å². The van der Waals surface area contributed by atoms with Gasteiger partial charge >= 0.3 is 0 Å². The molecule has 0 aliphatic rings. The van der Waals surface area contributed by atoms with Crippen LogP contribution in [0.15, 0.2) is 30.6 Å². The van der Waals surface area contributed by atoms with Gasteiger partial charge in [0.1, 0.15) is 5.69 Å². The van der Waals surface area contributed by atoms with Gasteiger partial charge < -0.3 is 9.72 Å². The monoisotopic (exact) mass is 273 g/mol. The maximum Gasteiger partial charge on any atom is 0.223 e. The number of methoxy groups -OCH3 is 1. The number of fused-ring (bicyclic) bond motifs is 1. The first-order chi connectivity index (χ1) is 9.20. The first kappa shape index (κ1) is 12.0. The SMILES string of the molecule is COc1cnc(Cl)nc1-c1c[nH]c2c(C)cccc12. The Labute approximate surface area is 115 Å². The molecular weight excluding hydrogens is 262 g/mol. The number of aryl methyl sites for hydroxylation is 1. The van der Waals surface area contributed by atoms with Crippen LogP contribution in [0.2, 0.25) is 5.28 Å². The fourth-order valence-corrected chi connectivity index (χ4v) is 2.33. The van der Waals surface area contributed by atoms with Gasteiger partial charge in [-0.2, -0.15) is 0 Å². The van der Waals surface area contributed by atoms with Crippen molar-refractivity contribution in [3.8, 4) is 17.0 Å². The van der Waals surface area contributed by atoms with Crippen LogP contribution in [0.5, 0.6) is 5.75 Å². The van der Waals surface area contributed by atoms with Crippen molar-refractivity contribution in [3.05, 3.63) is 41.4 Å². The smallest absolute Gasteiger partial charge is 0.223 e. The predicted octanol–water partition coefficient (Wildman–Crippen LogP) is 3.60. The van der Waals surface area contributed by atoms with Gasteiger partial charge in [-0.3, -0.25) is 0 Å². The van der Waals surface area contributed by atoms with Gasteiger partial charge in [-0.25, -0.2) is 9.97 Å². The summed E-state index contributed by atoms with van der Waals surface area (Å²) < 4.78 is 5.31. The zero-order valence-electron chi connectivity index (χ0n) is 10.6. The first-order valence-corrected chi connectivity index (χ1v) is 6.22. The second-order valence-electron chi connectivity index (χ2n) is 4.26. The number of nitrogens with zero attached hydrogens (tertiary/aromatic N) is 2. The van der Waals surface area contributed by atoms with Crippen molar-refractivity contribution in [1.82, 2.24) is 15.0 Å². The molecule has 0 saturated heterocycles. The lowest BCUT2D eigenvalue weighted by molar-refractivity contribution is 0.412. The molecule has 3 aromatic rings. The third-order valence-corrected chi connectivity index (χ3v) is 3.31. The number of aromatic nitrogens is 3. The number of rotatable bonds is 2. The van der Waals surface area contributed by atoms with Gasteiger partial charge in [-0.15, -0.1) is 0 Å². The maximum atomic E-state index is 5.89. The third-order valence-electron chi connectivity index (χ3n) is 3.12. The Kier molecular flexibility index (Phi) is 2.87. The van der Waals surface area contributed by atoms with Crippen molar-refractivity contribution in [1.29, 1.82) is 0 Å². The lowest BCUT2D eigenvalue weighted by atomic mass is 10.1. The van der Waals surface area contributed by atoms with Gasteiger partial charge in [0.05, 0.1) is 13.3 Å². The van der Waals surface area contributed by atoms with Crippen LogP contribution in [-0.4, -0.2) is 22.1 Å². The fourth-order valence-electron chi connectivity index (χ4n) is 2.19. The molecule has 0 spiro atoms. The highest BCUT2D eigenvalue weighted by Crippen LogP contribution is 2.34. The zero-order valence-corrected chi connectivity index (χ0v) is 11.3. The molecule has 0 amide bonds. The van der Waals surface area contributed by atoms with Crippen LogP contribution in [0.4, 0.5) is 0 Å². The third kappa shape index (κ3) is 1.94. The van der Waals surface area contributed by atoms with E-state index in [1.807, 2.05) is 18.3 Å². The number of hydrogen-bond donors (Lipinski definition) is 1. The number of para-hydroxylation sites is 1. The average Bonchev–Trinajstić information content (AvgIpc) is 2.84. The summed E-state index contributed by atoms with van der Waals surface area (Å²) in [7, 11) is 1.59. The second-order valence-corrected chi connectivity index (χ2v) is 4.59. The molecule has 0 atom stereocenters. The molecule has 96 valence electrons. The van der Waals surface area contributed by atoms with Crippen LogP contribution >= 0.6 is 11.6 Å². The summed E-state index contributed by atoms with van der Waals surface area (Å²) in [5.41, 5.74) is 3.93. The standard InChI is InChI=1S/C14H12ClN3O/c1-8-4-3-5-9-10(6-16-12(8)9)13-11(19-2)7-17-14(15)18-13/h3-7,16H,1-2H3. The Bertz CT molecular complexity index is 752. The highest BCUT2D eigenvalue weighted by Gasteiger charge is 2.14.